The smallest absolute Gasteiger partial charge is 0.312 e. The molecule has 0 unspecified atom stereocenters. The average molecular weight is 380 g/mol. The highest BCUT2D eigenvalue weighted by atomic mass is 35.5. The first-order valence-corrected chi connectivity index (χ1v) is 9.41. The molecule has 1 saturated carbocycles. The molecule has 0 N–H and O–H groups in total. The molecule has 0 atom stereocenters. The molecule has 1 aliphatic rings. The number of carbonyl (C=O) groups excluding carboxylic acids is 1. The summed E-state index contributed by atoms with van der Waals surface area (Å²) in [5.41, 5.74) is 1.45. The third kappa shape index (κ3) is 2.97. The first kappa shape index (κ1) is 15.7. The molecule has 1 fully saturated rings. The predicted octanol–water partition coefficient (Wildman–Crippen LogP) is 5.73. The number of nitrogens with zero attached hydrogens (tertiary/aromatic N) is 1. The maximum Gasteiger partial charge on any atom is 0.377 e. The van der Waals surface area contributed by atoms with E-state index in [1.807, 2.05) is 11.4 Å². The summed E-state index contributed by atoms with van der Waals surface area (Å²) in [4.78, 5) is 17.8. The van der Waals surface area contributed by atoms with Crippen LogP contribution >= 0.6 is 34.3 Å². The zero-order valence-electron chi connectivity index (χ0n) is 12.3. The van der Waals surface area contributed by atoms with Crippen LogP contribution in [0.5, 0.6) is 0 Å². The molecule has 0 saturated heterocycles. The van der Waals surface area contributed by atoms with Crippen molar-refractivity contribution in [2.45, 2.75) is 12.8 Å². The zero-order chi connectivity index (χ0) is 16.7. The van der Waals surface area contributed by atoms with E-state index in [1.54, 1.807) is 12.1 Å². The normalized spacial score (nSPS) is 15.0. The second-order valence-corrected chi connectivity index (χ2v) is 8.08. The summed E-state index contributed by atoms with van der Waals surface area (Å²) in [5, 5.41) is 7.26. The third-order valence-corrected chi connectivity index (χ3v) is 6.51. The Morgan fingerprint density at radius 3 is 2.67 bits per heavy atom. The van der Waals surface area contributed by atoms with Gasteiger partial charge in [-0.1, -0.05) is 28.9 Å². The Morgan fingerprint density at radius 1 is 1.25 bits per heavy atom. The van der Waals surface area contributed by atoms with Gasteiger partial charge in [-0.2, -0.15) is 0 Å². The standard InChI is InChI=1S/C17H11ClFNO2S2/c18-13-12-7-8-23-17(12)24-15(13)16(21)22-20-14(9-1-2-9)10-3-5-11(19)6-4-10/h3-9H,1-2H2/b20-14+. The van der Waals surface area contributed by atoms with Crippen LogP contribution in [0.25, 0.3) is 9.40 Å². The largest absolute Gasteiger partial charge is 0.377 e. The number of hydrogen-bond donors (Lipinski definition) is 0. The topological polar surface area (TPSA) is 38.7 Å². The maximum atomic E-state index is 13.1. The third-order valence-electron chi connectivity index (χ3n) is 3.78. The van der Waals surface area contributed by atoms with Crippen LogP contribution in [0.1, 0.15) is 28.1 Å². The van der Waals surface area contributed by atoms with Crippen molar-refractivity contribution in [2.24, 2.45) is 11.1 Å². The van der Waals surface area contributed by atoms with Gasteiger partial charge >= 0.3 is 5.97 Å². The molecule has 0 amide bonds. The molecule has 3 aromatic rings. The van der Waals surface area contributed by atoms with Crippen LogP contribution in [-0.4, -0.2) is 11.7 Å². The molecule has 2 aromatic heterocycles. The molecule has 1 aromatic carbocycles. The molecule has 1 aliphatic carbocycles. The molecule has 2 heterocycles. The number of thiophene rings is 2. The van der Waals surface area contributed by atoms with Crippen molar-refractivity contribution < 1.29 is 14.0 Å². The second kappa shape index (κ2) is 6.27. The van der Waals surface area contributed by atoms with Crippen LogP contribution in [0.4, 0.5) is 4.39 Å². The first-order chi connectivity index (χ1) is 11.6. The van der Waals surface area contributed by atoms with Crippen molar-refractivity contribution >= 4 is 55.4 Å². The quantitative estimate of drug-likeness (QED) is 0.330. The molecule has 4 rings (SSSR count). The molecule has 0 bridgehead atoms. The van der Waals surface area contributed by atoms with Gasteiger partial charge in [-0.25, -0.2) is 9.18 Å². The van der Waals surface area contributed by atoms with E-state index in [4.69, 9.17) is 16.4 Å². The summed E-state index contributed by atoms with van der Waals surface area (Å²) in [6.07, 6.45) is 1.98. The Labute approximate surface area is 150 Å². The van der Waals surface area contributed by atoms with Gasteiger partial charge in [0.05, 0.1) is 14.7 Å². The summed E-state index contributed by atoms with van der Waals surface area (Å²) >= 11 is 9.08. The Kier molecular flexibility index (Phi) is 4.12. The van der Waals surface area contributed by atoms with Crippen LogP contribution in [0.2, 0.25) is 5.02 Å². The highest BCUT2D eigenvalue weighted by molar-refractivity contribution is 7.38. The molecular formula is C17H11ClFNO2S2. The van der Waals surface area contributed by atoms with Gasteiger partial charge in [0.15, 0.2) is 0 Å². The van der Waals surface area contributed by atoms with Crippen molar-refractivity contribution in [1.82, 2.24) is 0 Å². The van der Waals surface area contributed by atoms with Crippen molar-refractivity contribution in [3.8, 4) is 0 Å². The molecule has 7 heteroatoms. The highest BCUT2D eigenvalue weighted by Gasteiger charge is 2.30. The fourth-order valence-electron chi connectivity index (χ4n) is 2.40. The number of fused-ring (bicyclic) bond motifs is 1. The number of oxime groups is 1. The van der Waals surface area contributed by atoms with Crippen LogP contribution in [0, 0.1) is 11.7 Å². The van der Waals surface area contributed by atoms with E-state index in [2.05, 4.69) is 5.16 Å². The zero-order valence-corrected chi connectivity index (χ0v) is 14.7. The number of hydrogen-bond acceptors (Lipinski definition) is 5. The van der Waals surface area contributed by atoms with E-state index >= 15 is 0 Å². The van der Waals surface area contributed by atoms with Gasteiger partial charge in [-0.3, -0.25) is 0 Å². The fourth-order valence-corrected chi connectivity index (χ4v) is 4.88. The molecule has 3 nitrogen and oxygen atoms in total. The average Bonchev–Trinajstić information content (AvgIpc) is 3.21. The summed E-state index contributed by atoms with van der Waals surface area (Å²) in [7, 11) is 0. The van der Waals surface area contributed by atoms with Gasteiger partial charge in [0, 0.05) is 11.3 Å². The molecule has 0 radical (unpaired) electrons. The monoisotopic (exact) mass is 379 g/mol. The van der Waals surface area contributed by atoms with Crippen molar-refractivity contribution in [2.75, 3.05) is 0 Å². The van der Waals surface area contributed by atoms with Crippen LogP contribution in [0.15, 0.2) is 40.9 Å². The van der Waals surface area contributed by atoms with Crippen molar-refractivity contribution in [1.29, 1.82) is 0 Å². The molecular weight excluding hydrogens is 369 g/mol. The van der Waals surface area contributed by atoms with Gasteiger partial charge in [0.2, 0.25) is 0 Å². The fraction of sp³-hybridized carbons (Fsp3) is 0.176. The number of halogens is 2. The Balaban J connectivity index is 1.59. The van der Waals surface area contributed by atoms with Crippen molar-refractivity contribution in [3.63, 3.8) is 0 Å². The van der Waals surface area contributed by atoms with Crippen LogP contribution < -0.4 is 0 Å². The van der Waals surface area contributed by atoms with Gasteiger partial charge in [0.25, 0.3) is 0 Å². The number of rotatable bonds is 4. The summed E-state index contributed by atoms with van der Waals surface area (Å²) in [5.74, 6) is -0.615. The number of benzene rings is 1. The SMILES string of the molecule is O=C(O/N=C(/c1ccc(F)cc1)C1CC1)c1sc2sccc2c1Cl. The van der Waals surface area contributed by atoms with Gasteiger partial charge in [-0.15, -0.1) is 22.7 Å². The first-order valence-electron chi connectivity index (χ1n) is 7.34. The highest BCUT2D eigenvalue weighted by Crippen LogP contribution is 2.39. The lowest BCUT2D eigenvalue weighted by atomic mass is 10.1. The summed E-state index contributed by atoms with van der Waals surface area (Å²) < 4.78 is 14.1. The van der Waals surface area contributed by atoms with E-state index in [1.165, 1.54) is 34.8 Å². The molecule has 0 aliphatic heterocycles. The van der Waals surface area contributed by atoms with E-state index < -0.39 is 5.97 Å². The summed E-state index contributed by atoms with van der Waals surface area (Å²) in [6.45, 7) is 0. The van der Waals surface area contributed by atoms with E-state index in [0.717, 1.165) is 27.8 Å². The lowest BCUT2D eigenvalue weighted by Gasteiger charge is -2.04. The van der Waals surface area contributed by atoms with Gasteiger partial charge in [-0.05, 0) is 42.0 Å². The Bertz CT molecular complexity index is 941. The molecule has 122 valence electrons. The number of carbonyl (C=O) groups is 1. The minimum absolute atomic E-state index is 0.255. The van der Waals surface area contributed by atoms with E-state index in [-0.39, 0.29) is 11.7 Å². The minimum atomic E-state index is -0.561. The van der Waals surface area contributed by atoms with Crippen LogP contribution in [0.3, 0.4) is 0 Å². The second-order valence-electron chi connectivity index (χ2n) is 5.50. The van der Waals surface area contributed by atoms with Gasteiger partial charge in [0.1, 0.15) is 10.7 Å². The lowest BCUT2D eigenvalue weighted by Crippen LogP contribution is -2.07. The lowest BCUT2D eigenvalue weighted by molar-refractivity contribution is 0.0521. The Morgan fingerprint density at radius 2 is 2.00 bits per heavy atom. The van der Waals surface area contributed by atoms with Crippen molar-refractivity contribution in [3.05, 3.63) is 57.0 Å². The Hall–Kier alpha value is -1.76. The van der Waals surface area contributed by atoms with Crippen LogP contribution in [-0.2, 0) is 4.84 Å². The molecule has 24 heavy (non-hydrogen) atoms. The van der Waals surface area contributed by atoms with E-state index in [9.17, 15) is 9.18 Å². The summed E-state index contributed by atoms with van der Waals surface area (Å²) in [6, 6.07) is 7.93. The predicted molar refractivity (Wildman–Crippen MR) is 95.8 cm³/mol. The van der Waals surface area contributed by atoms with E-state index in [0.29, 0.717) is 15.6 Å². The minimum Gasteiger partial charge on any atom is -0.312 e. The molecule has 0 spiro atoms. The van der Waals surface area contributed by atoms with Gasteiger partial charge < -0.3 is 4.84 Å². The maximum absolute atomic E-state index is 13.1.